The Hall–Kier alpha value is -3.11. The van der Waals surface area contributed by atoms with Crippen molar-refractivity contribution >= 4 is 29.1 Å². The predicted molar refractivity (Wildman–Crippen MR) is 108 cm³/mol. The minimum absolute atomic E-state index is 0.0911. The highest BCUT2D eigenvalue weighted by molar-refractivity contribution is 6.33. The Labute approximate surface area is 163 Å². The summed E-state index contributed by atoms with van der Waals surface area (Å²) >= 11 is 6.10. The molecule has 0 aliphatic rings. The smallest absolute Gasteiger partial charge is 0.251 e. The van der Waals surface area contributed by atoms with Crippen molar-refractivity contribution in [3.63, 3.8) is 0 Å². The molecule has 0 spiro atoms. The van der Waals surface area contributed by atoms with Crippen LogP contribution in [0.25, 0.3) is 0 Å². The molecule has 0 fully saturated rings. The molecule has 0 aliphatic carbocycles. The van der Waals surface area contributed by atoms with E-state index in [4.69, 9.17) is 11.6 Å². The van der Waals surface area contributed by atoms with Crippen LogP contribution in [0.3, 0.4) is 0 Å². The lowest BCUT2D eigenvalue weighted by atomic mass is 10.0. The third-order valence-electron chi connectivity index (χ3n) is 4.08. The van der Waals surface area contributed by atoms with Crippen molar-refractivity contribution in [1.82, 2.24) is 5.32 Å². The molecule has 0 bridgehead atoms. The summed E-state index contributed by atoms with van der Waals surface area (Å²) < 4.78 is 0. The van der Waals surface area contributed by atoms with E-state index in [-0.39, 0.29) is 18.2 Å². The number of hydrogen-bond donors (Lipinski definition) is 2. The highest BCUT2D eigenvalue weighted by Crippen LogP contribution is 2.23. The first-order valence-electron chi connectivity index (χ1n) is 8.59. The Morgan fingerprint density at radius 2 is 1.41 bits per heavy atom. The Balaban J connectivity index is 1.75. The third-order valence-corrected chi connectivity index (χ3v) is 4.41. The van der Waals surface area contributed by atoms with Crippen LogP contribution in [-0.4, -0.2) is 11.8 Å². The maximum Gasteiger partial charge on any atom is 0.251 e. The number of rotatable bonds is 6. The van der Waals surface area contributed by atoms with Gasteiger partial charge >= 0.3 is 0 Å². The van der Waals surface area contributed by atoms with Crippen molar-refractivity contribution < 1.29 is 9.59 Å². The molecule has 0 saturated heterocycles. The molecule has 3 rings (SSSR count). The molecule has 0 aromatic heterocycles. The summed E-state index contributed by atoms with van der Waals surface area (Å²) in [6.45, 7) is 0. The van der Waals surface area contributed by atoms with Crippen LogP contribution in [0.2, 0.25) is 5.02 Å². The van der Waals surface area contributed by atoms with Crippen LogP contribution in [0, 0.1) is 0 Å². The van der Waals surface area contributed by atoms with Gasteiger partial charge in [-0.3, -0.25) is 9.59 Å². The molecule has 0 saturated carbocycles. The Morgan fingerprint density at radius 3 is 2.07 bits per heavy atom. The lowest BCUT2D eigenvalue weighted by Gasteiger charge is -2.19. The number of para-hydroxylation sites is 1. The zero-order valence-electron chi connectivity index (χ0n) is 14.6. The number of hydrogen-bond acceptors (Lipinski definition) is 2. The molecule has 0 aliphatic heterocycles. The van der Waals surface area contributed by atoms with E-state index in [1.54, 1.807) is 48.5 Å². The summed E-state index contributed by atoms with van der Waals surface area (Å²) in [5.41, 5.74) is 1.95. The van der Waals surface area contributed by atoms with Crippen molar-refractivity contribution in [2.45, 2.75) is 12.5 Å². The van der Waals surface area contributed by atoms with Gasteiger partial charge in [0, 0.05) is 5.56 Å². The van der Waals surface area contributed by atoms with E-state index in [1.807, 2.05) is 36.4 Å². The molecule has 0 unspecified atom stereocenters. The predicted octanol–water partition coefficient (Wildman–Crippen LogP) is 4.84. The van der Waals surface area contributed by atoms with Crippen molar-refractivity contribution in [3.8, 4) is 0 Å². The fourth-order valence-electron chi connectivity index (χ4n) is 2.72. The number of nitrogens with one attached hydrogen (secondary N) is 2. The van der Waals surface area contributed by atoms with Gasteiger partial charge in [0.05, 0.1) is 23.2 Å². The molecule has 3 aromatic carbocycles. The number of carbonyl (C=O) groups is 2. The molecular formula is C22H19ClN2O2. The molecule has 5 heteroatoms. The lowest BCUT2D eigenvalue weighted by Crippen LogP contribution is -2.31. The zero-order chi connectivity index (χ0) is 19.1. The van der Waals surface area contributed by atoms with Gasteiger partial charge in [-0.05, 0) is 29.8 Å². The van der Waals surface area contributed by atoms with Crippen LogP contribution in [0.15, 0.2) is 84.9 Å². The van der Waals surface area contributed by atoms with Gasteiger partial charge in [0.1, 0.15) is 0 Å². The van der Waals surface area contributed by atoms with E-state index in [2.05, 4.69) is 10.6 Å². The second-order valence-corrected chi connectivity index (χ2v) is 6.44. The minimum atomic E-state index is -0.457. The summed E-state index contributed by atoms with van der Waals surface area (Å²) in [5.74, 6) is -0.458. The molecule has 3 aromatic rings. The molecule has 0 radical (unpaired) electrons. The third kappa shape index (κ3) is 5.19. The second kappa shape index (κ2) is 9.01. The maximum absolute atomic E-state index is 12.6. The SMILES string of the molecule is O=C(C[C@@H](NC(=O)c1ccccc1)c1ccccc1)Nc1ccccc1Cl. The first-order chi connectivity index (χ1) is 13.1. The Morgan fingerprint density at radius 1 is 0.815 bits per heavy atom. The first kappa shape index (κ1) is 18.7. The Bertz CT molecular complexity index is 914. The van der Waals surface area contributed by atoms with Crippen LogP contribution in [0.5, 0.6) is 0 Å². The van der Waals surface area contributed by atoms with Gasteiger partial charge in [-0.1, -0.05) is 72.3 Å². The molecular weight excluding hydrogens is 360 g/mol. The fraction of sp³-hybridized carbons (Fsp3) is 0.0909. The van der Waals surface area contributed by atoms with E-state index in [1.165, 1.54) is 0 Å². The van der Waals surface area contributed by atoms with E-state index in [0.717, 1.165) is 5.56 Å². The quantitative estimate of drug-likeness (QED) is 0.644. The summed E-state index contributed by atoms with van der Waals surface area (Å²) in [6.07, 6.45) is 0.0911. The van der Waals surface area contributed by atoms with Gasteiger partial charge in [0.15, 0.2) is 0 Å². The van der Waals surface area contributed by atoms with Gasteiger partial charge in [0.25, 0.3) is 5.91 Å². The van der Waals surface area contributed by atoms with Gasteiger partial charge in [-0.2, -0.15) is 0 Å². The summed E-state index contributed by atoms with van der Waals surface area (Å²) in [7, 11) is 0. The van der Waals surface area contributed by atoms with Crippen molar-refractivity contribution in [3.05, 3.63) is 101 Å². The van der Waals surface area contributed by atoms with E-state index < -0.39 is 6.04 Å². The highest BCUT2D eigenvalue weighted by Gasteiger charge is 2.19. The van der Waals surface area contributed by atoms with Crippen molar-refractivity contribution in [1.29, 1.82) is 0 Å². The van der Waals surface area contributed by atoms with Crippen LogP contribution < -0.4 is 10.6 Å². The van der Waals surface area contributed by atoms with Gasteiger partial charge in [-0.25, -0.2) is 0 Å². The monoisotopic (exact) mass is 378 g/mol. The average molecular weight is 379 g/mol. The number of amides is 2. The van der Waals surface area contributed by atoms with E-state index in [0.29, 0.717) is 16.3 Å². The van der Waals surface area contributed by atoms with Crippen LogP contribution >= 0.6 is 11.6 Å². The largest absolute Gasteiger partial charge is 0.345 e. The highest BCUT2D eigenvalue weighted by atomic mass is 35.5. The lowest BCUT2D eigenvalue weighted by molar-refractivity contribution is -0.116. The number of benzene rings is 3. The van der Waals surface area contributed by atoms with Crippen LogP contribution in [-0.2, 0) is 4.79 Å². The average Bonchev–Trinajstić information content (AvgIpc) is 2.70. The maximum atomic E-state index is 12.6. The summed E-state index contributed by atoms with van der Waals surface area (Å²) in [6, 6.07) is 24.9. The molecule has 0 heterocycles. The first-order valence-corrected chi connectivity index (χ1v) is 8.96. The van der Waals surface area contributed by atoms with Gasteiger partial charge in [-0.15, -0.1) is 0 Å². The van der Waals surface area contributed by atoms with Gasteiger partial charge < -0.3 is 10.6 Å². The normalized spacial score (nSPS) is 11.4. The van der Waals surface area contributed by atoms with Crippen molar-refractivity contribution in [2.24, 2.45) is 0 Å². The Kier molecular flexibility index (Phi) is 6.23. The topological polar surface area (TPSA) is 58.2 Å². The fourth-order valence-corrected chi connectivity index (χ4v) is 2.90. The number of anilines is 1. The molecule has 136 valence electrons. The van der Waals surface area contributed by atoms with Crippen LogP contribution in [0.1, 0.15) is 28.4 Å². The van der Waals surface area contributed by atoms with Crippen molar-refractivity contribution in [2.75, 3.05) is 5.32 Å². The molecule has 4 nitrogen and oxygen atoms in total. The van der Waals surface area contributed by atoms with Crippen LogP contribution in [0.4, 0.5) is 5.69 Å². The standard InChI is InChI=1S/C22H19ClN2O2/c23-18-13-7-8-14-19(18)24-21(26)15-20(16-9-3-1-4-10-16)25-22(27)17-11-5-2-6-12-17/h1-14,20H,15H2,(H,24,26)(H,25,27)/t20-/m1/s1. The van der Waals surface area contributed by atoms with E-state index in [9.17, 15) is 9.59 Å². The number of halogens is 1. The second-order valence-electron chi connectivity index (χ2n) is 6.03. The zero-order valence-corrected chi connectivity index (χ0v) is 15.3. The molecule has 27 heavy (non-hydrogen) atoms. The summed E-state index contributed by atoms with van der Waals surface area (Å²) in [4.78, 5) is 25.1. The minimum Gasteiger partial charge on any atom is -0.345 e. The number of carbonyl (C=O) groups excluding carboxylic acids is 2. The molecule has 2 amide bonds. The molecule has 1 atom stereocenters. The van der Waals surface area contributed by atoms with E-state index >= 15 is 0 Å². The van der Waals surface area contributed by atoms with Gasteiger partial charge in [0.2, 0.25) is 5.91 Å². The summed E-state index contributed by atoms with van der Waals surface area (Å²) in [5, 5.41) is 6.22. The molecule has 2 N–H and O–H groups in total.